The Bertz CT molecular complexity index is 964. The van der Waals surface area contributed by atoms with E-state index in [0.717, 1.165) is 37.9 Å². The van der Waals surface area contributed by atoms with Crippen LogP contribution >= 0.6 is 11.6 Å². The quantitative estimate of drug-likeness (QED) is 0.642. The third-order valence-corrected chi connectivity index (χ3v) is 6.10. The molecule has 0 spiro atoms. The van der Waals surface area contributed by atoms with Crippen molar-refractivity contribution in [2.75, 3.05) is 29.9 Å². The predicted molar refractivity (Wildman–Crippen MR) is 118 cm³/mol. The molecule has 2 heterocycles. The van der Waals surface area contributed by atoms with Crippen LogP contribution in [-0.2, 0) is 11.0 Å². The normalized spacial score (nSPS) is 21.4. The minimum Gasteiger partial charge on any atom is -0.487 e. The molecular weight excluding hydrogens is 443 g/mol. The van der Waals surface area contributed by atoms with Crippen molar-refractivity contribution in [1.82, 2.24) is 5.32 Å². The second kappa shape index (κ2) is 9.58. The largest absolute Gasteiger partial charge is 0.487 e. The number of anilines is 2. The van der Waals surface area contributed by atoms with Gasteiger partial charge in [0.25, 0.3) is 0 Å². The van der Waals surface area contributed by atoms with Crippen LogP contribution in [-0.4, -0.2) is 37.7 Å². The molecule has 1 amide bonds. The van der Waals surface area contributed by atoms with E-state index in [4.69, 9.17) is 16.3 Å². The Labute approximate surface area is 189 Å². The van der Waals surface area contributed by atoms with Crippen molar-refractivity contribution >= 4 is 28.9 Å². The van der Waals surface area contributed by atoms with E-state index < -0.39 is 11.7 Å². The lowest BCUT2D eigenvalue weighted by Gasteiger charge is -2.23. The number of nitrogens with one attached hydrogen (secondary N) is 2. The number of hydrogen-bond acceptors (Lipinski definition) is 4. The smallest absolute Gasteiger partial charge is 0.416 e. The van der Waals surface area contributed by atoms with Crippen molar-refractivity contribution in [2.24, 2.45) is 0 Å². The Balaban J connectivity index is 1.35. The number of benzene rings is 2. The zero-order chi connectivity index (χ0) is 22.7. The first-order valence-corrected chi connectivity index (χ1v) is 11.1. The summed E-state index contributed by atoms with van der Waals surface area (Å²) in [6.45, 7) is 1.89. The van der Waals surface area contributed by atoms with E-state index in [1.807, 2.05) is 4.90 Å². The van der Waals surface area contributed by atoms with Crippen LogP contribution in [0.1, 0.15) is 31.2 Å². The van der Waals surface area contributed by atoms with E-state index in [2.05, 4.69) is 10.6 Å². The minimum absolute atomic E-state index is 0.0815. The average Bonchev–Trinajstić information content (AvgIpc) is 3.24. The summed E-state index contributed by atoms with van der Waals surface area (Å²) in [7, 11) is 0. The molecule has 4 rings (SSSR count). The van der Waals surface area contributed by atoms with Gasteiger partial charge in [-0.15, -0.1) is 0 Å². The maximum Gasteiger partial charge on any atom is 0.416 e. The van der Waals surface area contributed by atoms with Gasteiger partial charge in [-0.1, -0.05) is 24.1 Å². The number of alkyl halides is 3. The maximum absolute atomic E-state index is 13.0. The molecule has 32 heavy (non-hydrogen) atoms. The molecule has 2 aromatic carbocycles. The number of amides is 1. The standard InChI is InChI=1S/C23H25ClF3N3O2/c24-19-13-16(29-22(31)20-6-1-2-10-28-20)7-8-21(19)32-18-9-11-30(14-18)17-5-3-4-15(12-17)23(25,26)27/h3-5,7-8,12-13,18,20,28H,1-2,6,9-11,14H2,(H,29,31)/t18-,20+/m0/s1. The van der Waals surface area contributed by atoms with Crippen LogP contribution in [0.4, 0.5) is 24.5 Å². The molecule has 2 aliphatic heterocycles. The molecular formula is C23H25ClF3N3O2. The highest BCUT2D eigenvalue weighted by Gasteiger charge is 2.32. The first-order valence-electron chi connectivity index (χ1n) is 10.7. The number of hydrogen-bond donors (Lipinski definition) is 2. The van der Waals surface area contributed by atoms with Crippen LogP contribution in [0.5, 0.6) is 5.75 Å². The summed E-state index contributed by atoms with van der Waals surface area (Å²) in [5, 5.41) is 6.46. The highest BCUT2D eigenvalue weighted by Crippen LogP contribution is 2.34. The van der Waals surface area contributed by atoms with Crippen LogP contribution in [0, 0.1) is 0 Å². The fourth-order valence-electron chi connectivity index (χ4n) is 4.10. The maximum atomic E-state index is 13.0. The molecule has 172 valence electrons. The summed E-state index contributed by atoms with van der Waals surface area (Å²) in [5.41, 5.74) is 0.451. The number of halogens is 4. The second-order valence-corrected chi connectivity index (χ2v) is 8.57. The van der Waals surface area contributed by atoms with Gasteiger partial charge in [0, 0.05) is 24.3 Å². The second-order valence-electron chi connectivity index (χ2n) is 8.16. The number of ether oxygens (including phenoxy) is 1. The van der Waals surface area contributed by atoms with Gasteiger partial charge in [-0.05, 0) is 55.8 Å². The predicted octanol–water partition coefficient (Wildman–Crippen LogP) is 5.10. The topological polar surface area (TPSA) is 53.6 Å². The zero-order valence-electron chi connectivity index (χ0n) is 17.4. The first kappa shape index (κ1) is 22.7. The molecule has 2 aromatic rings. The SMILES string of the molecule is O=C(Nc1ccc(O[C@H]2CCN(c3cccc(C(F)(F)F)c3)C2)c(Cl)c1)[C@H]1CCCCN1. The molecule has 2 fully saturated rings. The van der Waals surface area contributed by atoms with Gasteiger partial charge in [0.05, 0.1) is 23.2 Å². The molecule has 2 atom stereocenters. The Hall–Kier alpha value is -2.45. The molecule has 9 heteroatoms. The van der Waals surface area contributed by atoms with E-state index >= 15 is 0 Å². The van der Waals surface area contributed by atoms with E-state index in [1.165, 1.54) is 6.07 Å². The fourth-order valence-corrected chi connectivity index (χ4v) is 4.32. The summed E-state index contributed by atoms with van der Waals surface area (Å²) in [6, 6.07) is 10.2. The minimum atomic E-state index is -4.37. The number of carbonyl (C=O) groups is 1. The molecule has 0 aliphatic carbocycles. The molecule has 0 unspecified atom stereocenters. The van der Waals surface area contributed by atoms with E-state index in [0.29, 0.717) is 41.7 Å². The highest BCUT2D eigenvalue weighted by atomic mass is 35.5. The van der Waals surface area contributed by atoms with Gasteiger partial charge in [0.2, 0.25) is 5.91 Å². The van der Waals surface area contributed by atoms with Crippen LogP contribution < -0.4 is 20.3 Å². The number of nitrogens with zero attached hydrogens (tertiary/aromatic N) is 1. The Morgan fingerprint density at radius 1 is 1.16 bits per heavy atom. The number of rotatable bonds is 5. The van der Waals surface area contributed by atoms with Crippen LogP contribution in [0.2, 0.25) is 5.02 Å². The third-order valence-electron chi connectivity index (χ3n) is 5.80. The molecule has 0 saturated carbocycles. The summed E-state index contributed by atoms with van der Waals surface area (Å²) in [4.78, 5) is 14.2. The molecule has 0 aromatic heterocycles. The van der Waals surface area contributed by atoms with Gasteiger partial charge < -0.3 is 20.3 Å². The summed E-state index contributed by atoms with van der Waals surface area (Å²) in [6.07, 6.45) is -0.994. The number of piperidine rings is 1. The fraction of sp³-hybridized carbons (Fsp3) is 0.435. The van der Waals surface area contributed by atoms with Gasteiger partial charge in [0.1, 0.15) is 11.9 Å². The van der Waals surface area contributed by atoms with Crippen molar-refractivity contribution in [1.29, 1.82) is 0 Å². The lowest BCUT2D eigenvalue weighted by Crippen LogP contribution is -2.43. The van der Waals surface area contributed by atoms with Crippen molar-refractivity contribution in [2.45, 2.75) is 44.0 Å². The van der Waals surface area contributed by atoms with Gasteiger partial charge in [-0.25, -0.2) is 0 Å². The third kappa shape index (κ3) is 5.48. The van der Waals surface area contributed by atoms with Crippen molar-refractivity contribution < 1.29 is 22.7 Å². The molecule has 2 N–H and O–H groups in total. The van der Waals surface area contributed by atoms with Crippen molar-refractivity contribution in [3.8, 4) is 5.75 Å². The van der Waals surface area contributed by atoms with Crippen LogP contribution in [0.3, 0.4) is 0 Å². The van der Waals surface area contributed by atoms with Gasteiger partial charge in [0.15, 0.2) is 0 Å². The monoisotopic (exact) mass is 467 g/mol. The van der Waals surface area contributed by atoms with Gasteiger partial charge >= 0.3 is 6.18 Å². The molecule has 2 aliphatic rings. The van der Waals surface area contributed by atoms with E-state index in [-0.39, 0.29) is 18.1 Å². The van der Waals surface area contributed by atoms with Crippen molar-refractivity contribution in [3.05, 3.63) is 53.1 Å². The molecule has 5 nitrogen and oxygen atoms in total. The zero-order valence-corrected chi connectivity index (χ0v) is 18.2. The Morgan fingerprint density at radius 3 is 2.72 bits per heavy atom. The number of carbonyl (C=O) groups excluding carboxylic acids is 1. The molecule has 2 saturated heterocycles. The molecule has 0 radical (unpaired) electrons. The average molecular weight is 468 g/mol. The highest BCUT2D eigenvalue weighted by molar-refractivity contribution is 6.32. The lowest BCUT2D eigenvalue weighted by molar-refractivity contribution is -0.137. The first-order chi connectivity index (χ1) is 15.3. The van der Waals surface area contributed by atoms with Crippen LogP contribution in [0.15, 0.2) is 42.5 Å². The summed E-state index contributed by atoms with van der Waals surface area (Å²) >= 11 is 6.37. The van der Waals surface area contributed by atoms with Crippen LogP contribution in [0.25, 0.3) is 0 Å². The Kier molecular flexibility index (Phi) is 6.81. The van der Waals surface area contributed by atoms with Crippen molar-refractivity contribution in [3.63, 3.8) is 0 Å². The summed E-state index contributed by atoms with van der Waals surface area (Å²) < 4.78 is 45.0. The molecule has 0 bridgehead atoms. The van der Waals surface area contributed by atoms with E-state index in [9.17, 15) is 18.0 Å². The Morgan fingerprint density at radius 2 is 2.00 bits per heavy atom. The van der Waals surface area contributed by atoms with Gasteiger partial charge in [-0.2, -0.15) is 13.2 Å². The van der Waals surface area contributed by atoms with Gasteiger partial charge in [-0.3, -0.25) is 4.79 Å². The summed E-state index contributed by atoms with van der Waals surface area (Å²) in [5.74, 6) is 0.401. The van der Waals surface area contributed by atoms with E-state index in [1.54, 1.807) is 24.3 Å². The lowest BCUT2D eigenvalue weighted by atomic mass is 10.0.